The SMILES string of the molecule is COc1cccc(NC2CCCC2C)c1N. The number of rotatable bonds is 3. The number of ether oxygens (including phenoxy) is 1. The Morgan fingerprint density at radius 1 is 1.38 bits per heavy atom. The molecule has 0 aliphatic heterocycles. The van der Waals surface area contributed by atoms with Gasteiger partial charge in [-0.1, -0.05) is 19.4 Å². The zero-order valence-corrected chi connectivity index (χ0v) is 9.99. The first-order chi connectivity index (χ1) is 7.72. The van der Waals surface area contributed by atoms with Crippen LogP contribution in [-0.4, -0.2) is 13.2 Å². The number of para-hydroxylation sites is 1. The van der Waals surface area contributed by atoms with E-state index in [0.29, 0.717) is 11.7 Å². The fraction of sp³-hybridized carbons (Fsp3) is 0.538. The Hall–Kier alpha value is -1.38. The van der Waals surface area contributed by atoms with E-state index < -0.39 is 0 Å². The van der Waals surface area contributed by atoms with Gasteiger partial charge in [0, 0.05) is 6.04 Å². The smallest absolute Gasteiger partial charge is 0.143 e. The Labute approximate surface area is 97.0 Å². The van der Waals surface area contributed by atoms with Gasteiger partial charge in [0.1, 0.15) is 5.75 Å². The van der Waals surface area contributed by atoms with Crippen LogP contribution in [0.5, 0.6) is 5.75 Å². The Balaban J connectivity index is 2.14. The normalized spacial score (nSPS) is 24.4. The van der Waals surface area contributed by atoms with E-state index in [0.717, 1.165) is 17.4 Å². The van der Waals surface area contributed by atoms with Gasteiger partial charge in [-0.25, -0.2) is 0 Å². The number of hydrogen-bond donors (Lipinski definition) is 2. The zero-order valence-electron chi connectivity index (χ0n) is 9.99. The van der Waals surface area contributed by atoms with Crippen LogP contribution in [0.2, 0.25) is 0 Å². The van der Waals surface area contributed by atoms with Gasteiger partial charge in [-0.3, -0.25) is 0 Å². The van der Waals surface area contributed by atoms with Crippen molar-refractivity contribution in [1.29, 1.82) is 0 Å². The molecule has 1 fully saturated rings. The molecule has 88 valence electrons. The minimum absolute atomic E-state index is 0.550. The quantitative estimate of drug-likeness (QED) is 0.770. The number of nitrogen functional groups attached to an aromatic ring is 1. The molecule has 1 saturated carbocycles. The molecule has 1 aliphatic rings. The maximum atomic E-state index is 6.03. The summed E-state index contributed by atoms with van der Waals surface area (Å²) < 4.78 is 5.21. The van der Waals surface area contributed by atoms with E-state index in [1.807, 2.05) is 18.2 Å². The van der Waals surface area contributed by atoms with E-state index in [4.69, 9.17) is 10.5 Å². The fourth-order valence-electron chi connectivity index (χ4n) is 2.41. The van der Waals surface area contributed by atoms with E-state index in [9.17, 15) is 0 Å². The summed E-state index contributed by atoms with van der Waals surface area (Å²) in [6.07, 6.45) is 3.85. The minimum atomic E-state index is 0.550. The van der Waals surface area contributed by atoms with Crippen LogP contribution in [0.4, 0.5) is 11.4 Å². The Kier molecular flexibility index (Phi) is 3.22. The van der Waals surface area contributed by atoms with Crippen molar-refractivity contribution in [3.05, 3.63) is 18.2 Å². The molecule has 16 heavy (non-hydrogen) atoms. The first-order valence-corrected chi connectivity index (χ1v) is 5.91. The topological polar surface area (TPSA) is 47.3 Å². The number of nitrogens with one attached hydrogen (secondary N) is 1. The largest absolute Gasteiger partial charge is 0.495 e. The van der Waals surface area contributed by atoms with E-state index >= 15 is 0 Å². The third-order valence-corrected chi connectivity index (χ3v) is 3.49. The predicted molar refractivity (Wildman–Crippen MR) is 67.8 cm³/mol. The van der Waals surface area contributed by atoms with Gasteiger partial charge in [0.25, 0.3) is 0 Å². The molecule has 0 bridgehead atoms. The van der Waals surface area contributed by atoms with E-state index in [1.54, 1.807) is 7.11 Å². The van der Waals surface area contributed by atoms with Gasteiger partial charge in [-0.05, 0) is 30.9 Å². The molecule has 0 aromatic heterocycles. The first-order valence-electron chi connectivity index (χ1n) is 5.91. The van der Waals surface area contributed by atoms with Crippen molar-refractivity contribution in [3.63, 3.8) is 0 Å². The second kappa shape index (κ2) is 4.64. The lowest BCUT2D eigenvalue weighted by Gasteiger charge is -2.20. The number of anilines is 2. The summed E-state index contributed by atoms with van der Waals surface area (Å²) in [5, 5.41) is 3.53. The lowest BCUT2D eigenvalue weighted by atomic mass is 10.1. The van der Waals surface area contributed by atoms with Gasteiger partial charge in [-0.15, -0.1) is 0 Å². The van der Waals surface area contributed by atoms with Crippen LogP contribution in [0.15, 0.2) is 18.2 Å². The lowest BCUT2D eigenvalue weighted by molar-refractivity contribution is 0.417. The highest BCUT2D eigenvalue weighted by Crippen LogP contribution is 2.33. The summed E-state index contributed by atoms with van der Waals surface area (Å²) in [6, 6.07) is 6.42. The maximum absolute atomic E-state index is 6.03. The van der Waals surface area contributed by atoms with Crippen LogP contribution < -0.4 is 15.8 Å². The zero-order chi connectivity index (χ0) is 11.5. The molecule has 0 heterocycles. The third-order valence-electron chi connectivity index (χ3n) is 3.49. The van der Waals surface area contributed by atoms with Crippen LogP contribution in [0.1, 0.15) is 26.2 Å². The van der Waals surface area contributed by atoms with Gasteiger partial charge in [0.2, 0.25) is 0 Å². The molecule has 2 rings (SSSR count). The summed E-state index contributed by atoms with van der Waals surface area (Å²) >= 11 is 0. The molecule has 3 heteroatoms. The van der Waals surface area contributed by atoms with Crippen molar-refractivity contribution >= 4 is 11.4 Å². The molecular weight excluding hydrogens is 200 g/mol. The molecule has 1 aromatic rings. The Morgan fingerprint density at radius 2 is 2.19 bits per heavy atom. The van der Waals surface area contributed by atoms with Crippen LogP contribution in [0, 0.1) is 5.92 Å². The van der Waals surface area contributed by atoms with Crippen LogP contribution >= 0.6 is 0 Å². The first kappa shape index (κ1) is 11.1. The van der Waals surface area contributed by atoms with Crippen molar-refractivity contribution in [3.8, 4) is 5.75 Å². The monoisotopic (exact) mass is 220 g/mol. The van der Waals surface area contributed by atoms with Crippen molar-refractivity contribution in [1.82, 2.24) is 0 Å². The number of hydrogen-bond acceptors (Lipinski definition) is 3. The average molecular weight is 220 g/mol. The molecule has 0 amide bonds. The highest BCUT2D eigenvalue weighted by atomic mass is 16.5. The van der Waals surface area contributed by atoms with Crippen LogP contribution in [-0.2, 0) is 0 Å². The van der Waals surface area contributed by atoms with Crippen LogP contribution in [0.3, 0.4) is 0 Å². The molecule has 3 nitrogen and oxygen atoms in total. The molecule has 1 aromatic carbocycles. The maximum Gasteiger partial charge on any atom is 0.143 e. The second-order valence-corrected chi connectivity index (χ2v) is 4.58. The third kappa shape index (κ3) is 2.08. The van der Waals surface area contributed by atoms with Crippen molar-refractivity contribution in [2.45, 2.75) is 32.2 Å². The van der Waals surface area contributed by atoms with Gasteiger partial charge < -0.3 is 15.8 Å². The molecule has 2 unspecified atom stereocenters. The Bertz CT molecular complexity index is 365. The standard InChI is InChI=1S/C13H20N2O/c1-9-5-3-6-10(9)15-11-7-4-8-12(16-2)13(11)14/h4,7-10,15H,3,5-6,14H2,1-2H3. The van der Waals surface area contributed by atoms with Crippen molar-refractivity contribution in [2.75, 3.05) is 18.2 Å². The number of methoxy groups -OCH3 is 1. The molecule has 2 atom stereocenters. The highest BCUT2D eigenvalue weighted by molar-refractivity contribution is 5.73. The van der Waals surface area contributed by atoms with E-state index in [1.165, 1.54) is 19.3 Å². The highest BCUT2D eigenvalue weighted by Gasteiger charge is 2.23. The van der Waals surface area contributed by atoms with Gasteiger partial charge in [-0.2, -0.15) is 0 Å². The van der Waals surface area contributed by atoms with E-state index in [2.05, 4.69) is 12.2 Å². The van der Waals surface area contributed by atoms with Gasteiger partial charge >= 0.3 is 0 Å². The molecule has 0 radical (unpaired) electrons. The molecule has 0 saturated heterocycles. The predicted octanol–water partition coefficient (Wildman–Crippen LogP) is 2.88. The van der Waals surface area contributed by atoms with E-state index in [-0.39, 0.29) is 0 Å². The summed E-state index contributed by atoms with van der Waals surface area (Å²) in [6.45, 7) is 2.29. The molecule has 1 aliphatic carbocycles. The Morgan fingerprint density at radius 3 is 2.81 bits per heavy atom. The molecular formula is C13H20N2O. The molecule has 0 spiro atoms. The summed E-state index contributed by atoms with van der Waals surface area (Å²) in [5.41, 5.74) is 7.74. The minimum Gasteiger partial charge on any atom is -0.495 e. The number of nitrogens with two attached hydrogens (primary N) is 1. The van der Waals surface area contributed by atoms with Gasteiger partial charge in [0.15, 0.2) is 0 Å². The van der Waals surface area contributed by atoms with Crippen molar-refractivity contribution < 1.29 is 4.74 Å². The second-order valence-electron chi connectivity index (χ2n) is 4.58. The fourth-order valence-corrected chi connectivity index (χ4v) is 2.41. The summed E-state index contributed by atoms with van der Waals surface area (Å²) in [4.78, 5) is 0. The summed E-state index contributed by atoms with van der Waals surface area (Å²) in [7, 11) is 1.65. The summed E-state index contributed by atoms with van der Waals surface area (Å²) in [5.74, 6) is 1.47. The van der Waals surface area contributed by atoms with Gasteiger partial charge in [0.05, 0.1) is 18.5 Å². The van der Waals surface area contributed by atoms with Crippen molar-refractivity contribution in [2.24, 2.45) is 5.92 Å². The lowest BCUT2D eigenvalue weighted by Crippen LogP contribution is -2.22. The van der Waals surface area contributed by atoms with Crippen LogP contribution in [0.25, 0.3) is 0 Å². The number of benzene rings is 1. The average Bonchev–Trinajstić information content (AvgIpc) is 2.68. The molecule has 3 N–H and O–H groups in total.